The van der Waals surface area contributed by atoms with E-state index >= 15 is 0 Å². The number of hydrogen-bond donors (Lipinski definition) is 0. The quantitative estimate of drug-likeness (QED) is 0.482. The lowest BCUT2D eigenvalue weighted by Gasteiger charge is -2.11. The summed E-state index contributed by atoms with van der Waals surface area (Å²) in [5, 5.41) is 0. The molecular weight excluding hydrogens is 287 g/mol. The van der Waals surface area contributed by atoms with Crippen molar-refractivity contribution in [3.05, 3.63) is 59.9 Å². The number of methoxy groups -OCH3 is 2. The van der Waals surface area contributed by atoms with Crippen LogP contribution in [0.1, 0.15) is 5.56 Å². The molecule has 2 aromatic carbocycles. The van der Waals surface area contributed by atoms with E-state index in [1.807, 2.05) is 0 Å². The summed E-state index contributed by atoms with van der Waals surface area (Å²) in [5.41, 5.74) is 0.559. The molecule has 22 heavy (non-hydrogen) atoms. The molecule has 0 bridgehead atoms. The predicted octanol–water partition coefficient (Wildman–Crippen LogP) is 3.46. The molecule has 4 nitrogen and oxygen atoms in total. The van der Waals surface area contributed by atoms with Gasteiger partial charge in [-0.25, -0.2) is 9.18 Å². The molecule has 0 saturated heterocycles. The minimum atomic E-state index is -0.618. The van der Waals surface area contributed by atoms with Crippen molar-refractivity contribution in [3.63, 3.8) is 0 Å². The Hall–Kier alpha value is -2.82. The van der Waals surface area contributed by atoms with Gasteiger partial charge in [0.15, 0.2) is 11.5 Å². The molecule has 0 radical (unpaired) electrons. The van der Waals surface area contributed by atoms with Gasteiger partial charge in [0.25, 0.3) is 0 Å². The lowest BCUT2D eigenvalue weighted by molar-refractivity contribution is -0.129. The van der Waals surface area contributed by atoms with Crippen LogP contribution >= 0.6 is 0 Å². The zero-order valence-electron chi connectivity index (χ0n) is 12.2. The Balaban J connectivity index is 2.15. The molecule has 0 aliphatic rings. The highest BCUT2D eigenvalue weighted by Crippen LogP contribution is 2.36. The molecule has 0 aliphatic heterocycles. The SMILES string of the molecule is COc1cccc(OC)c1OC(=O)C=Cc1cccc(F)c1. The van der Waals surface area contributed by atoms with E-state index in [9.17, 15) is 9.18 Å². The van der Waals surface area contributed by atoms with E-state index in [1.54, 1.807) is 30.3 Å². The molecule has 2 rings (SSSR count). The van der Waals surface area contributed by atoms with Gasteiger partial charge in [0.2, 0.25) is 5.75 Å². The molecule has 0 amide bonds. The summed E-state index contributed by atoms with van der Waals surface area (Å²) < 4.78 is 28.6. The first-order valence-corrected chi connectivity index (χ1v) is 6.50. The van der Waals surface area contributed by atoms with Crippen LogP contribution in [-0.4, -0.2) is 20.2 Å². The van der Waals surface area contributed by atoms with Crippen molar-refractivity contribution in [2.45, 2.75) is 0 Å². The van der Waals surface area contributed by atoms with Crippen LogP contribution in [-0.2, 0) is 4.79 Å². The Morgan fingerprint density at radius 3 is 2.27 bits per heavy atom. The van der Waals surface area contributed by atoms with E-state index < -0.39 is 5.97 Å². The lowest BCUT2D eigenvalue weighted by Crippen LogP contribution is -2.06. The van der Waals surface area contributed by atoms with Crippen molar-refractivity contribution >= 4 is 12.0 Å². The fourth-order valence-corrected chi connectivity index (χ4v) is 1.83. The van der Waals surface area contributed by atoms with E-state index in [2.05, 4.69) is 0 Å². The fraction of sp³-hybridized carbons (Fsp3) is 0.118. The summed E-state index contributed by atoms with van der Waals surface area (Å²) in [6.45, 7) is 0. The van der Waals surface area contributed by atoms with Crippen molar-refractivity contribution in [2.24, 2.45) is 0 Å². The lowest BCUT2D eigenvalue weighted by atomic mass is 10.2. The summed E-state index contributed by atoms with van der Waals surface area (Å²) in [6, 6.07) is 10.9. The van der Waals surface area contributed by atoms with Gasteiger partial charge in [-0.1, -0.05) is 18.2 Å². The van der Waals surface area contributed by atoms with Crippen LogP contribution in [0.15, 0.2) is 48.5 Å². The third-order valence-electron chi connectivity index (χ3n) is 2.85. The first-order chi connectivity index (χ1) is 10.6. The van der Waals surface area contributed by atoms with E-state index in [0.29, 0.717) is 17.1 Å². The van der Waals surface area contributed by atoms with E-state index in [0.717, 1.165) is 0 Å². The maximum Gasteiger partial charge on any atom is 0.336 e. The molecular formula is C17H15FO4. The van der Waals surface area contributed by atoms with Crippen LogP contribution in [0.5, 0.6) is 17.2 Å². The van der Waals surface area contributed by atoms with Gasteiger partial charge in [0.1, 0.15) is 5.82 Å². The fourth-order valence-electron chi connectivity index (χ4n) is 1.83. The predicted molar refractivity (Wildman–Crippen MR) is 80.6 cm³/mol. The number of carbonyl (C=O) groups excluding carboxylic acids is 1. The highest BCUT2D eigenvalue weighted by molar-refractivity contribution is 5.89. The number of carbonyl (C=O) groups is 1. The van der Waals surface area contributed by atoms with Crippen LogP contribution in [0.25, 0.3) is 6.08 Å². The molecule has 0 aliphatic carbocycles. The number of benzene rings is 2. The van der Waals surface area contributed by atoms with Gasteiger partial charge in [0.05, 0.1) is 14.2 Å². The van der Waals surface area contributed by atoms with Crippen molar-refractivity contribution in [2.75, 3.05) is 14.2 Å². The topological polar surface area (TPSA) is 44.8 Å². The highest BCUT2D eigenvalue weighted by Gasteiger charge is 2.14. The zero-order valence-corrected chi connectivity index (χ0v) is 12.2. The number of ether oxygens (including phenoxy) is 3. The van der Waals surface area contributed by atoms with Crippen LogP contribution in [0.2, 0.25) is 0 Å². The molecule has 0 aromatic heterocycles. The summed E-state index contributed by atoms with van der Waals surface area (Å²) in [7, 11) is 2.93. The van der Waals surface area contributed by atoms with Crippen LogP contribution in [0, 0.1) is 5.82 Å². The Labute approximate surface area is 127 Å². The summed E-state index contributed by atoms with van der Waals surface area (Å²) in [4.78, 5) is 11.9. The number of para-hydroxylation sites is 1. The number of hydrogen-bond acceptors (Lipinski definition) is 4. The first-order valence-electron chi connectivity index (χ1n) is 6.50. The van der Waals surface area contributed by atoms with Gasteiger partial charge in [-0.05, 0) is 35.9 Å². The second-order valence-electron chi connectivity index (χ2n) is 4.30. The number of rotatable bonds is 5. The average Bonchev–Trinajstić information content (AvgIpc) is 2.53. The molecule has 0 atom stereocenters. The third-order valence-corrected chi connectivity index (χ3v) is 2.85. The normalized spacial score (nSPS) is 10.5. The largest absolute Gasteiger partial charge is 0.493 e. The minimum Gasteiger partial charge on any atom is -0.493 e. The molecule has 0 saturated carbocycles. The Morgan fingerprint density at radius 1 is 1.05 bits per heavy atom. The van der Waals surface area contributed by atoms with E-state index in [4.69, 9.17) is 14.2 Å². The monoisotopic (exact) mass is 302 g/mol. The minimum absolute atomic E-state index is 0.196. The zero-order chi connectivity index (χ0) is 15.9. The van der Waals surface area contributed by atoms with Crippen molar-refractivity contribution in [3.8, 4) is 17.2 Å². The van der Waals surface area contributed by atoms with Gasteiger partial charge >= 0.3 is 5.97 Å². The maximum absolute atomic E-state index is 13.1. The second-order valence-corrected chi connectivity index (χ2v) is 4.30. The molecule has 2 aromatic rings. The smallest absolute Gasteiger partial charge is 0.336 e. The number of esters is 1. The number of halogens is 1. The van der Waals surface area contributed by atoms with Gasteiger partial charge in [-0.3, -0.25) is 0 Å². The summed E-state index contributed by atoms with van der Waals surface area (Å²) in [5.74, 6) is -0.0333. The van der Waals surface area contributed by atoms with Crippen LogP contribution < -0.4 is 14.2 Å². The molecule has 0 unspecified atom stereocenters. The van der Waals surface area contributed by atoms with Crippen LogP contribution in [0.3, 0.4) is 0 Å². The highest BCUT2D eigenvalue weighted by atomic mass is 19.1. The maximum atomic E-state index is 13.1. The molecule has 114 valence electrons. The van der Waals surface area contributed by atoms with E-state index in [1.165, 1.54) is 38.5 Å². The second kappa shape index (κ2) is 7.26. The Bertz CT molecular complexity index is 673. The molecule has 0 spiro atoms. The Kier molecular flexibility index (Phi) is 5.14. The van der Waals surface area contributed by atoms with Gasteiger partial charge < -0.3 is 14.2 Å². The van der Waals surface area contributed by atoms with Gasteiger partial charge in [-0.15, -0.1) is 0 Å². The molecule has 0 heterocycles. The molecule has 0 N–H and O–H groups in total. The summed E-state index contributed by atoms with van der Waals surface area (Å²) >= 11 is 0. The first kappa shape index (κ1) is 15.6. The molecule has 5 heteroatoms. The average molecular weight is 302 g/mol. The van der Waals surface area contributed by atoms with Crippen molar-refractivity contribution in [1.82, 2.24) is 0 Å². The van der Waals surface area contributed by atoms with Gasteiger partial charge in [0, 0.05) is 6.08 Å². The van der Waals surface area contributed by atoms with Gasteiger partial charge in [-0.2, -0.15) is 0 Å². The Morgan fingerprint density at radius 2 is 1.68 bits per heavy atom. The van der Waals surface area contributed by atoms with Crippen LogP contribution in [0.4, 0.5) is 4.39 Å². The van der Waals surface area contributed by atoms with E-state index in [-0.39, 0.29) is 11.6 Å². The van der Waals surface area contributed by atoms with Crippen molar-refractivity contribution in [1.29, 1.82) is 0 Å². The third kappa shape index (κ3) is 3.85. The molecule has 0 fully saturated rings. The standard InChI is InChI=1S/C17H15FO4/c1-20-14-7-4-8-15(21-2)17(14)22-16(19)10-9-12-5-3-6-13(18)11-12/h3-11H,1-2H3. The summed E-state index contributed by atoms with van der Waals surface area (Å²) in [6.07, 6.45) is 2.67. The van der Waals surface area contributed by atoms with Crippen molar-refractivity contribution < 1.29 is 23.4 Å².